The first-order valence-corrected chi connectivity index (χ1v) is 5.97. The van der Waals surface area contributed by atoms with E-state index in [9.17, 15) is 14.9 Å². The summed E-state index contributed by atoms with van der Waals surface area (Å²) in [5.41, 5.74) is 5.41. The van der Waals surface area contributed by atoms with Crippen molar-refractivity contribution in [2.75, 3.05) is 12.4 Å². The number of hydrogen-bond donors (Lipinski definition) is 2. The Hall–Kier alpha value is -2.87. The summed E-state index contributed by atoms with van der Waals surface area (Å²) in [7, 11) is 1.33. The highest BCUT2D eigenvalue weighted by molar-refractivity contribution is 6.02. The van der Waals surface area contributed by atoms with Crippen LogP contribution in [0, 0.1) is 10.1 Å². The maximum Gasteiger partial charge on any atom is 0.312 e. The molecule has 1 aromatic heterocycles. The first kappa shape index (κ1) is 14.5. The second kappa shape index (κ2) is 6.06. The number of rotatable bonds is 5. The molecule has 0 saturated heterocycles. The van der Waals surface area contributed by atoms with Crippen molar-refractivity contribution < 1.29 is 18.9 Å². The first-order chi connectivity index (χ1) is 10.0. The Balaban J connectivity index is 2.21. The largest absolute Gasteiger partial charge is 0.490 e. The predicted molar refractivity (Wildman–Crippen MR) is 74.2 cm³/mol. The van der Waals surface area contributed by atoms with Gasteiger partial charge in [0.1, 0.15) is 5.76 Å². The standard InChI is InChI=1S/C13H13N3O5/c1-20-11-4-2-8(6-10(11)16(18)19)15-13(17)12-5-3-9(7-14)21-12/h2-6H,7,14H2,1H3,(H,15,17). The highest BCUT2D eigenvalue weighted by Crippen LogP contribution is 2.29. The van der Waals surface area contributed by atoms with Crippen LogP contribution < -0.4 is 15.8 Å². The summed E-state index contributed by atoms with van der Waals surface area (Å²) in [4.78, 5) is 22.3. The zero-order chi connectivity index (χ0) is 15.4. The van der Waals surface area contributed by atoms with Gasteiger partial charge >= 0.3 is 5.69 Å². The van der Waals surface area contributed by atoms with E-state index in [1.165, 1.54) is 31.4 Å². The minimum Gasteiger partial charge on any atom is -0.490 e. The summed E-state index contributed by atoms with van der Waals surface area (Å²) in [6.45, 7) is 0.182. The van der Waals surface area contributed by atoms with Gasteiger partial charge in [0.15, 0.2) is 11.5 Å². The molecular formula is C13H13N3O5. The molecule has 8 heteroatoms. The van der Waals surface area contributed by atoms with Gasteiger partial charge in [0.25, 0.3) is 5.91 Å². The van der Waals surface area contributed by atoms with Gasteiger partial charge < -0.3 is 20.2 Å². The van der Waals surface area contributed by atoms with Gasteiger partial charge in [-0.1, -0.05) is 0 Å². The number of furan rings is 1. The van der Waals surface area contributed by atoms with Crippen LogP contribution in [-0.4, -0.2) is 17.9 Å². The van der Waals surface area contributed by atoms with E-state index >= 15 is 0 Å². The highest BCUT2D eigenvalue weighted by atomic mass is 16.6. The molecule has 0 fully saturated rings. The van der Waals surface area contributed by atoms with Crippen LogP contribution in [0.5, 0.6) is 5.75 Å². The number of methoxy groups -OCH3 is 1. The third-order valence-corrected chi connectivity index (χ3v) is 2.72. The molecule has 0 saturated carbocycles. The third-order valence-electron chi connectivity index (χ3n) is 2.72. The minimum absolute atomic E-state index is 0.0777. The summed E-state index contributed by atoms with van der Waals surface area (Å²) in [6.07, 6.45) is 0. The number of amides is 1. The number of nitrogens with two attached hydrogens (primary N) is 1. The van der Waals surface area contributed by atoms with Crippen molar-refractivity contribution in [2.45, 2.75) is 6.54 Å². The van der Waals surface area contributed by atoms with E-state index in [1.54, 1.807) is 6.07 Å². The van der Waals surface area contributed by atoms with Gasteiger partial charge in [-0.2, -0.15) is 0 Å². The smallest absolute Gasteiger partial charge is 0.312 e. The second-order valence-corrected chi connectivity index (χ2v) is 4.07. The van der Waals surface area contributed by atoms with Gasteiger partial charge in [0.05, 0.1) is 18.6 Å². The fraction of sp³-hybridized carbons (Fsp3) is 0.154. The molecule has 1 amide bonds. The Morgan fingerprint density at radius 3 is 2.76 bits per heavy atom. The predicted octanol–water partition coefficient (Wildman–Crippen LogP) is 1.91. The molecule has 0 radical (unpaired) electrons. The lowest BCUT2D eigenvalue weighted by atomic mass is 10.2. The van der Waals surface area contributed by atoms with E-state index in [4.69, 9.17) is 14.9 Å². The fourth-order valence-electron chi connectivity index (χ4n) is 1.71. The van der Waals surface area contributed by atoms with Crippen molar-refractivity contribution in [1.82, 2.24) is 0 Å². The second-order valence-electron chi connectivity index (χ2n) is 4.07. The lowest BCUT2D eigenvalue weighted by molar-refractivity contribution is -0.385. The Morgan fingerprint density at radius 2 is 2.19 bits per heavy atom. The Bertz CT molecular complexity index is 680. The maximum absolute atomic E-state index is 11.9. The van der Waals surface area contributed by atoms with Gasteiger partial charge in [0, 0.05) is 11.8 Å². The minimum atomic E-state index is -0.589. The number of nitrogens with zero attached hydrogens (tertiary/aromatic N) is 1. The number of ether oxygens (including phenoxy) is 1. The lowest BCUT2D eigenvalue weighted by Crippen LogP contribution is -2.11. The van der Waals surface area contributed by atoms with E-state index in [1.807, 2.05) is 0 Å². The van der Waals surface area contributed by atoms with Crippen molar-refractivity contribution in [2.24, 2.45) is 5.73 Å². The molecule has 0 bridgehead atoms. The van der Waals surface area contributed by atoms with E-state index in [-0.39, 0.29) is 29.4 Å². The van der Waals surface area contributed by atoms with E-state index < -0.39 is 10.8 Å². The van der Waals surface area contributed by atoms with Crippen LogP contribution in [0.3, 0.4) is 0 Å². The molecule has 0 aliphatic rings. The Labute approximate surface area is 119 Å². The molecule has 21 heavy (non-hydrogen) atoms. The number of anilines is 1. The van der Waals surface area contributed by atoms with Crippen LogP contribution in [0.4, 0.5) is 11.4 Å². The van der Waals surface area contributed by atoms with E-state index in [0.717, 1.165) is 0 Å². The maximum atomic E-state index is 11.9. The van der Waals surface area contributed by atoms with Crippen molar-refractivity contribution >= 4 is 17.3 Å². The molecule has 0 aliphatic heterocycles. The van der Waals surface area contributed by atoms with Gasteiger partial charge in [0.2, 0.25) is 0 Å². The summed E-state index contributed by atoms with van der Waals surface area (Å²) in [5.74, 6) is 0.144. The van der Waals surface area contributed by atoms with Gasteiger partial charge in [-0.15, -0.1) is 0 Å². The summed E-state index contributed by atoms with van der Waals surface area (Å²) >= 11 is 0. The number of nitro benzene ring substituents is 1. The van der Waals surface area contributed by atoms with Crippen LogP contribution in [0.1, 0.15) is 16.3 Å². The zero-order valence-corrected chi connectivity index (χ0v) is 11.2. The topological polar surface area (TPSA) is 121 Å². The molecule has 0 atom stereocenters. The zero-order valence-electron chi connectivity index (χ0n) is 11.2. The molecule has 2 rings (SSSR count). The number of nitrogens with one attached hydrogen (secondary N) is 1. The third kappa shape index (κ3) is 3.18. The molecule has 3 N–H and O–H groups in total. The molecule has 110 valence electrons. The molecule has 1 heterocycles. The number of carbonyl (C=O) groups excluding carboxylic acids is 1. The van der Waals surface area contributed by atoms with E-state index in [0.29, 0.717) is 5.76 Å². The van der Waals surface area contributed by atoms with Crippen molar-refractivity contribution in [3.8, 4) is 5.75 Å². The number of carbonyl (C=O) groups is 1. The molecular weight excluding hydrogens is 278 g/mol. The molecule has 8 nitrogen and oxygen atoms in total. The molecule has 2 aromatic rings. The fourth-order valence-corrected chi connectivity index (χ4v) is 1.71. The number of nitro groups is 1. The van der Waals surface area contributed by atoms with Gasteiger partial charge in [-0.05, 0) is 24.3 Å². The van der Waals surface area contributed by atoms with Crippen LogP contribution in [0.2, 0.25) is 0 Å². The monoisotopic (exact) mass is 291 g/mol. The van der Waals surface area contributed by atoms with E-state index in [2.05, 4.69) is 5.32 Å². The Kier molecular flexibility index (Phi) is 4.19. The lowest BCUT2D eigenvalue weighted by Gasteiger charge is -2.06. The summed E-state index contributed by atoms with van der Waals surface area (Å²) in [6, 6.07) is 7.18. The van der Waals surface area contributed by atoms with Crippen LogP contribution in [0.15, 0.2) is 34.7 Å². The molecule has 1 aromatic carbocycles. The SMILES string of the molecule is COc1ccc(NC(=O)c2ccc(CN)o2)cc1[N+](=O)[O-]. The van der Waals surface area contributed by atoms with Crippen molar-refractivity contribution in [3.63, 3.8) is 0 Å². The van der Waals surface area contributed by atoms with Crippen molar-refractivity contribution in [3.05, 3.63) is 52.0 Å². The van der Waals surface area contributed by atoms with Gasteiger partial charge in [-0.3, -0.25) is 14.9 Å². The van der Waals surface area contributed by atoms with Crippen molar-refractivity contribution in [1.29, 1.82) is 0 Å². The average Bonchev–Trinajstić information content (AvgIpc) is 2.96. The molecule has 0 spiro atoms. The normalized spacial score (nSPS) is 10.2. The molecule has 0 unspecified atom stereocenters. The highest BCUT2D eigenvalue weighted by Gasteiger charge is 2.17. The average molecular weight is 291 g/mol. The van der Waals surface area contributed by atoms with Crippen LogP contribution in [-0.2, 0) is 6.54 Å². The van der Waals surface area contributed by atoms with Crippen LogP contribution in [0.25, 0.3) is 0 Å². The Morgan fingerprint density at radius 1 is 1.43 bits per heavy atom. The summed E-state index contributed by atoms with van der Waals surface area (Å²) < 4.78 is 10.1. The quantitative estimate of drug-likeness (QED) is 0.641. The first-order valence-electron chi connectivity index (χ1n) is 5.97. The number of benzene rings is 1. The van der Waals surface area contributed by atoms with Gasteiger partial charge in [-0.25, -0.2) is 0 Å². The van der Waals surface area contributed by atoms with Crippen LogP contribution >= 0.6 is 0 Å². The molecule has 0 aliphatic carbocycles. The number of hydrogen-bond acceptors (Lipinski definition) is 6. The summed E-state index contributed by atoms with van der Waals surface area (Å²) in [5, 5.41) is 13.4.